The van der Waals surface area contributed by atoms with Gasteiger partial charge >= 0.3 is 0 Å². The number of hydrogen-bond acceptors (Lipinski definition) is 2. The van der Waals surface area contributed by atoms with E-state index in [2.05, 4.69) is 28.5 Å². The standard InChI is InChI=1S/C27H31N2O/c1-2-19-22-15-17-7-3-11-28-13-5-9-20(24(17)28)26(22)30-27-21-10-6-14-29-12-4-8-18(25(21)29)16-23(19)27/h15-16H,2-14H2,1H3/q+1. The minimum Gasteiger partial charge on any atom is -0.455 e. The van der Waals surface area contributed by atoms with E-state index in [-0.39, 0.29) is 0 Å². The summed E-state index contributed by atoms with van der Waals surface area (Å²) in [6, 6.07) is 5.01. The summed E-state index contributed by atoms with van der Waals surface area (Å²) in [5.74, 6) is 2.41. The molecule has 0 N–H and O–H groups in total. The van der Waals surface area contributed by atoms with E-state index >= 15 is 0 Å². The van der Waals surface area contributed by atoms with Crippen LogP contribution in [0.15, 0.2) is 12.1 Å². The van der Waals surface area contributed by atoms with Crippen LogP contribution in [0.1, 0.15) is 66.8 Å². The molecule has 0 unspecified atom stereocenters. The molecule has 5 aliphatic heterocycles. The maximum absolute atomic E-state index is 6.98. The van der Waals surface area contributed by atoms with Crippen molar-refractivity contribution in [3.63, 3.8) is 0 Å². The fourth-order valence-electron chi connectivity index (χ4n) is 6.97. The van der Waals surface area contributed by atoms with Crippen LogP contribution >= 0.6 is 0 Å². The fourth-order valence-corrected chi connectivity index (χ4v) is 6.97. The van der Waals surface area contributed by atoms with Crippen LogP contribution in [0.5, 0.6) is 11.5 Å². The summed E-state index contributed by atoms with van der Waals surface area (Å²) in [6.45, 7) is 7.20. The predicted octanol–water partition coefficient (Wildman–Crippen LogP) is 3.48. The summed E-state index contributed by atoms with van der Waals surface area (Å²) in [6.07, 6.45) is 10.9. The highest BCUT2D eigenvalue weighted by molar-refractivity contribution is 5.82. The van der Waals surface area contributed by atoms with Gasteiger partial charge < -0.3 is 9.64 Å². The highest BCUT2D eigenvalue weighted by atomic mass is 16.5. The van der Waals surface area contributed by atoms with Gasteiger partial charge in [0.15, 0.2) is 0 Å². The molecule has 3 nitrogen and oxygen atoms in total. The molecule has 0 bridgehead atoms. The lowest BCUT2D eigenvalue weighted by atomic mass is 9.84. The zero-order chi connectivity index (χ0) is 19.8. The van der Waals surface area contributed by atoms with Crippen LogP contribution in [-0.4, -0.2) is 26.2 Å². The molecule has 0 saturated carbocycles. The molecule has 7 rings (SSSR count). The van der Waals surface area contributed by atoms with Crippen molar-refractivity contribution < 1.29 is 4.74 Å². The van der Waals surface area contributed by atoms with E-state index in [1.807, 2.05) is 0 Å². The Labute approximate surface area is 178 Å². The fraction of sp³-hybridized carbons (Fsp3) is 0.519. The lowest BCUT2D eigenvalue weighted by molar-refractivity contribution is 0.431. The maximum Gasteiger partial charge on any atom is 0.210 e. The SMILES string of the molecule is CCC1=c2cc3c4c(c2Oc2c1cc1c5c2CCCN5CCC1)CCC[N+]=4CCC3. The monoisotopic (exact) mass is 399 g/mol. The molecule has 0 fully saturated rings. The number of hydrogen-bond donors (Lipinski definition) is 0. The highest BCUT2D eigenvalue weighted by Gasteiger charge is 2.34. The van der Waals surface area contributed by atoms with Crippen molar-refractivity contribution >= 4 is 11.3 Å². The normalized spacial score (nSPS) is 20.8. The zero-order valence-corrected chi connectivity index (χ0v) is 18.1. The number of benzene rings is 2. The Kier molecular flexibility index (Phi) is 3.69. The number of anilines is 1. The Hall–Kier alpha value is -2.29. The molecule has 5 aliphatic rings. The van der Waals surface area contributed by atoms with Gasteiger partial charge in [-0.2, -0.15) is 0 Å². The van der Waals surface area contributed by atoms with Gasteiger partial charge in [0.05, 0.1) is 5.56 Å². The molecule has 0 aliphatic carbocycles. The Morgan fingerprint density at radius 3 is 2.50 bits per heavy atom. The van der Waals surface area contributed by atoms with Gasteiger partial charge in [-0.25, -0.2) is 4.58 Å². The molecule has 154 valence electrons. The zero-order valence-electron chi connectivity index (χ0n) is 18.1. The number of nitrogens with zero attached hydrogens (tertiary/aromatic N) is 2. The van der Waals surface area contributed by atoms with E-state index in [1.54, 1.807) is 11.1 Å². The number of rotatable bonds is 1. The minimum atomic E-state index is 1.08. The first-order valence-corrected chi connectivity index (χ1v) is 12.2. The maximum atomic E-state index is 6.98. The van der Waals surface area contributed by atoms with E-state index in [9.17, 15) is 0 Å². The molecule has 0 saturated heterocycles. The molecular weight excluding hydrogens is 368 g/mol. The Balaban J connectivity index is 1.58. The van der Waals surface area contributed by atoms with Gasteiger partial charge in [-0.1, -0.05) is 6.92 Å². The first-order valence-electron chi connectivity index (χ1n) is 12.2. The van der Waals surface area contributed by atoms with Gasteiger partial charge in [0, 0.05) is 53.5 Å². The summed E-state index contributed by atoms with van der Waals surface area (Å²) >= 11 is 0. The van der Waals surface area contributed by atoms with E-state index in [1.165, 1.54) is 128 Å². The first-order chi connectivity index (χ1) is 14.8. The third-order valence-corrected chi connectivity index (χ3v) is 8.15. The van der Waals surface area contributed by atoms with Crippen LogP contribution in [0.25, 0.3) is 5.57 Å². The largest absolute Gasteiger partial charge is 0.455 e. The Morgan fingerprint density at radius 2 is 1.63 bits per heavy atom. The summed E-state index contributed by atoms with van der Waals surface area (Å²) < 4.78 is 9.62. The third-order valence-electron chi connectivity index (χ3n) is 8.15. The van der Waals surface area contributed by atoms with Gasteiger partial charge in [0.25, 0.3) is 0 Å². The highest BCUT2D eigenvalue weighted by Crippen LogP contribution is 2.47. The smallest absolute Gasteiger partial charge is 0.210 e. The van der Waals surface area contributed by atoms with Crippen LogP contribution in [0.3, 0.4) is 0 Å². The van der Waals surface area contributed by atoms with Crippen molar-refractivity contribution in [3.05, 3.63) is 50.5 Å². The molecule has 3 heteroatoms. The summed E-state index contributed by atoms with van der Waals surface area (Å²) in [5, 5.41) is 2.93. The molecule has 0 radical (unpaired) electrons. The van der Waals surface area contributed by atoms with E-state index in [0.717, 1.165) is 6.42 Å². The van der Waals surface area contributed by atoms with Gasteiger partial charge in [-0.05, 0) is 68.2 Å². The van der Waals surface area contributed by atoms with Crippen LogP contribution < -0.4 is 24.8 Å². The van der Waals surface area contributed by atoms with Crippen molar-refractivity contribution in [1.82, 2.24) is 4.58 Å². The summed E-state index contributed by atoms with van der Waals surface area (Å²) in [7, 11) is 0. The van der Waals surface area contributed by atoms with Gasteiger partial charge in [0.2, 0.25) is 5.36 Å². The Morgan fingerprint density at radius 1 is 0.867 bits per heavy atom. The number of ether oxygens (including phenoxy) is 1. The van der Waals surface area contributed by atoms with Gasteiger partial charge in [0.1, 0.15) is 24.6 Å². The second-order valence-corrected chi connectivity index (χ2v) is 9.80. The Bertz CT molecular complexity index is 1220. The minimum absolute atomic E-state index is 1.08. The second-order valence-electron chi connectivity index (χ2n) is 9.80. The van der Waals surface area contributed by atoms with Crippen molar-refractivity contribution in [2.24, 2.45) is 0 Å². The van der Waals surface area contributed by atoms with Crippen LogP contribution in [0, 0.1) is 0 Å². The topological polar surface area (TPSA) is 15.5 Å². The molecule has 5 heterocycles. The quantitative estimate of drug-likeness (QED) is 0.682. The molecule has 0 atom stereocenters. The van der Waals surface area contributed by atoms with Gasteiger partial charge in [-0.15, -0.1) is 0 Å². The number of aryl methyl sites for hydroxylation is 2. The molecule has 2 aromatic carbocycles. The predicted molar refractivity (Wildman–Crippen MR) is 121 cm³/mol. The van der Waals surface area contributed by atoms with Crippen molar-refractivity contribution in [2.45, 2.75) is 64.7 Å². The summed E-state index contributed by atoms with van der Waals surface area (Å²) in [5.41, 5.74) is 10.6. The molecule has 2 aromatic rings. The third kappa shape index (κ3) is 2.24. The van der Waals surface area contributed by atoms with Crippen molar-refractivity contribution in [2.75, 3.05) is 31.1 Å². The molecule has 0 amide bonds. The van der Waals surface area contributed by atoms with Crippen LogP contribution in [0.2, 0.25) is 0 Å². The number of fused-ring (bicyclic) bond motifs is 4. The summed E-state index contributed by atoms with van der Waals surface area (Å²) in [4.78, 5) is 2.64. The van der Waals surface area contributed by atoms with E-state index in [4.69, 9.17) is 4.74 Å². The molecular formula is C27H31N2O+. The van der Waals surface area contributed by atoms with Crippen molar-refractivity contribution in [3.8, 4) is 11.5 Å². The lowest BCUT2D eigenvalue weighted by Gasteiger charge is -2.39. The average molecular weight is 400 g/mol. The average Bonchev–Trinajstić information content (AvgIpc) is 2.79. The first kappa shape index (κ1) is 17.4. The van der Waals surface area contributed by atoms with E-state index in [0.29, 0.717) is 0 Å². The molecule has 30 heavy (non-hydrogen) atoms. The van der Waals surface area contributed by atoms with Gasteiger partial charge in [-0.3, -0.25) is 0 Å². The molecule has 0 spiro atoms. The van der Waals surface area contributed by atoms with Crippen LogP contribution in [0.4, 0.5) is 5.69 Å². The van der Waals surface area contributed by atoms with Crippen molar-refractivity contribution in [1.29, 1.82) is 0 Å². The second kappa shape index (κ2) is 6.35. The van der Waals surface area contributed by atoms with E-state index < -0.39 is 0 Å². The molecule has 0 aromatic heterocycles. The lowest BCUT2D eigenvalue weighted by Crippen LogP contribution is -2.45. The van der Waals surface area contributed by atoms with Crippen LogP contribution in [-0.2, 0) is 25.7 Å².